The molecule has 8 heteroatoms. The summed E-state index contributed by atoms with van der Waals surface area (Å²) >= 11 is 1.50. The fourth-order valence-electron chi connectivity index (χ4n) is 3.99. The number of alkyl carbamates (subject to hydrolysis) is 1. The maximum Gasteiger partial charge on any atom is 0.408 e. The standard InChI is InChI=1S/C33H33NO5S2/c35-32(38-22-26-13-5-1-6-14-26)30(34-33(36)39-23-27-15-7-2-8-16-27)21-31(40-24-28-17-9-3-10-18-28)41(37)25-29-19-11-4-12-20-29/h1-20,30-31H,21-25H2,(H,34,36). The van der Waals surface area contributed by atoms with E-state index in [-0.39, 0.29) is 19.6 Å². The number of benzene rings is 4. The highest BCUT2D eigenvalue weighted by molar-refractivity contribution is 8.10. The number of hydrogen-bond acceptors (Lipinski definition) is 6. The molecule has 6 nitrogen and oxygen atoms in total. The Bertz CT molecular complexity index is 1370. The lowest BCUT2D eigenvalue weighted by Gasteiger charge is -2.23. The first-order valence-corrected chi connectivity index (χ1v) is 15.7. The van der Waals surface area contributed by atoms with Gasteiger partial charge >= 0.3 is 12.1 Å². The van der Waals surface area contributed by atoms with Crippen LogP contribution >= 0.6 is 11.8 Å². The minimum absolute atomic E-state index is 0.0601. The van der Waals surface area contributed by atoms with Crippen molar-refractivity contribution in [1.82, 2.24) is 5.32 Å². The summed E-state index contributed by atoms with van der Waals surface area (Å²) in [5.74, 6) is 0.334. The summed E-state index contributed by atoms with van der Waals surface area (Å²) in [7, 11) is -1.34. The fourth-order valence-corrected chi connectivity index (χ4v) is 7.02. The molecule has 0 aliphatic carbocycles. The van der Waals surface area contributed by atoms with Crippen molar-refractivity contribution < 1.29 is 23.3 Å². The van der Waals surface area contributed by atoms with Gasteiger partial charge in [0.15, 0.2) is 0 Å². The van der Waals surface area contributed by atoms with E-state index in [4.69, 9.17) is 9.47 Å². The van der Waals surface area contributed by atoms with Crippen LogP contribution in [-0.4, -0.2) is 26.9 Å². The molecule has 0 fully saturated rings. The van der Waals surface area contributed by atoms with E-state index in [1.165, 1.54) is 11.8 Å². The van der Waals surface area contributed by atoms with Crippen LogP contribution in [0.1, 0.15) is 28.7 Å². The Morgan fingerprint density at radius 2 is 1.12 bits per heavy atom. The summed E-state index contributed by atoms with van der Waals surface area (Å²) in [6, 6.07) is 37.1. The molecule has 0 saturated heterocycles. The van der Waals surface area contributed by atoms with Gasteiger partial charge in [0.25, 0.3) is 0 Å². The average Bonchev–Trinajstić information content (AvgIpc) is 3.02. The molecule has 4 aromatic carbocycles. The maximum atomic E-state index is 13.7. The van der Waals surface area contributed by atoms with E-state index >= 15 is 0 Å². The van der Waals surface area contributed by atoms with E-state index < -0.39 is 33.5 Å². The van der Waals surface area contributed by atoms with Crippen molar-refractivity contribution in [3.05, 3.63) is 144 Å². The first kappa shape index (κ1) is 30.1. The van der Waals surface area contributed by atoms with Crippen LogP contribution in [0.15, 0.2) is 121 Å². The molecule has 3 atom stereocenters. The molecule has 0 aliphatic heterocycles. The fraction of sp³-hybridized carbons (Fsp3) is 0.212. The number of rotatable bonds is 14. The van der Waals surface area contributed by atoms with Crippen LogP contribution in [0, 0.1) is 0 Å². The van der Waals surface area contributed by atoms with E-state index in [0.29, 0.717) is 11.5 Å². The largest absolute Gasteiger partial charge is 0.459 e. The molecular weight excluding hydrogens is 554 g/mol. The van der Waals surface area contributed by atoms with Crippen molar-refractivity contribution in [3.63, 3.8) is 0 Å². The highest BCUT2D eigenvalue weighted by Crippen LogP contribution is 2.27. The van der Waals surface area contributed by atoms with Crippen molar-refractivity contribution in [3.8, 4) is 0 Å². The molecule has 0 heterocycles. The first-order chi connectivity index (χ1) is 20.1. The number of hydrogen-bond donors (Lipinski definition) is 1. The molecule has 0 bridgehead atoms. The monoisotopic (exact) mass is 587 g/mol. The smallest absolute Gasteiger partial charge is 0.408 e. The summed E-state index contributed by atoms with van der Waals surface area (Å²) in [5, 5.41) is 2.69. The number of esters is 1. The predicted molar refractivity (Wildman–Crippen MR) is 164 cm³/mol. The van der Waals surface area contributed by atoms with Crippen molar-refractivity contribution in [1.29, 1.82) is 0 Å². The third-order valence-electron chi connectivity index (χ3n) is 6.17. The Balaban J connectivity index is 1.48. The van der Waals surface area contributed by atoms with Crippen LogP contribution in [-0.2, 0) is 49.8 Å². The topological polar surface area (TPSA) is 81.7 Å². The molecule has 0 saturated carbocycles. The van der Waals surface area contributed by atoms with Gasteiger partial charge in [0.1, 0.15) is 19.3 Å². The molecule has 4 aromatic rings. The van der Waals surface area contributed by atoms with Gasteiger partial charge in [0.05, 0.1) is 4.58 Å². The van der Waals surface area contributed by atoms with Gasteiger partial charge < -0.3 is 14.8 Å². The van der Waals surface area contributed by atoms with Crippen molar-refractivity contribution in [2.75, 3.05) is 0 Å². The van der Waals surface area contributed by atoms with E-state index in [1.807, 2.05) is 121 Å². The van der Waals surface area contributed by atoms with Gasteiger partial charge in [-0.25, -0.2) is 9.59 Å². The molecule has 0 aromatic heterocycles. The second-order valence-corrected chi connectivity index (χ2v) is 12.4. The quantitative estimate of drug-likeness (QED) is 0.167. The Labute approximate surface area is 247 Å². The zero-order valence-electron chi connectivity index (χ0n) is 22.6. The highest BCUT2D eigenvalue weighted by atomic mass is 32.2. The number of ether oxygens (including phenoxy) is 2. The summed E-state index contributed by atoms with van der Waals surface area (Å²) in [6.45, 7) is 0.121. The van der Waals surface area contributed by atoms with Gasteiger partial charge in [-0.15, -0.1) is 11.8 Å². The lowest BCUT2D eigenvalue weighted by atomic mass is 10.2. The van der Waals surface area contributed by atoms with Crippen LogP contribution in [0.2, 0.25) is 0 Å². The van der Waals surface area contributed by atoms with Crippen LogP contribution in [0.3, 0.4) is 0 Å². The van der Waals surface area contributed by atoms with Crippen LogP contribution < -0.4 is 5.32 Å². The van der Waals surface area contributed by atoms with Crippen molar-refractivity contribution in [2.45, 2.75) is 41.8 Å². The summed E-state index contributed by atoms with van der Waals surface area (Å²) in [6.07, 6.45) is -0.624. The lowest BCUT2D eigenvalue weighted by Crippen LogP contribution is -2.44. The molecule has 3 unspecified atom stereocenters. The molecule has 0 radical (unpaired) electrons. The third-order valence-corrected chi connectivity index (χ3v) is 9.68. The number of carbonyl (C=O) groups excluding carboxylic acids is 2. The number of carbonyl (C=O) groups is 2. The van der Waals surface area contributed by atoms with Crippen molar-refractivity contribution >= 4 is 34.6 Å². The van der Waals surface area contributed by atoms with Crippen LogP contribution in [0.5, 0.6) is 0 Å². The Kier molecular flexibility index (Phi) is 12.0. The molecule has 212 valence electrons. The first-order valence-electron chi connectivity index (χ1n) is 13.3. The number of amides is 1. The predicted octanol–water partition coefficient (Wildman–Crippen LogP) is 6.62. The molecule has 4 rings (SSSR count). The van der Waals surface area contributed by atoms with Gasteiger partial charge in [-0.2, -0.15) is 0 Å². The minimum atomic E-state index is -1.34. The molecule has 0 aliphatic rings. The molecule has 1 amide bonds. The average molecular weight is 588 g/mol. The molecule has 41 heavy (non-hydrogen) atoms. The summed E-state index contributed by atoms with van der Waals surface area (Å²) in [4.78, 5) is 26.1. The normalized spacial score (nSPS) is 13.0. The van der Waals surface area contributed by atoms with Crippen LogP contribution in [0.25, 0.3) is 0 Å². The second kappa shape index (κ2) is 16.4. The lowest BCUT2D eigenvalue weighted by molar-refractivity contribution is -0.147. The SMILES string of the molecule is O=C(NC(CC(SCc1ccccc1)S(=O)Cc1ccccc1)C(=O)OCc1ccccc1)OCc1ccccc1. The summed E-state index contributed by atoms with van der Waals surface area (Å²) < 4.78 is 24.2. The van der Waals surface area contributed by atoms with Crippen molar-refractivity contribution in [2.24, 2.45) is 0 Å². The number of nitrogens with one attached hydrogen (secondary N) is 1. The zero-order valence-corrected chi connectivity index (χ0v) is 24.2. The van der Waals surface area contributed by atoms with E-state index in [0.717, 1.165) is 22.3 Å². The molecule has 1 N–H and O–H groups in total. The Morgan fingerprint density at radius 1 is 0.659 bits per heavy atom. The van der Waals surface area contributed by atoms with Crippen LogP contribution in [0.4, 0.5) is 4.79 Å². The second-order valence-electron chi connectivity index (χ2n) is 9.32. The molecular formula is C33H33NO5S2. The van der Waals surface area contributed by atoms with Gasteiger partial charge in [0.2, 0.25) is 0 Å². The van der Waals surface area contributed by atoms with E-state index in [2.05, 4.69) is 5.32 Å². The van der Waals surface area contributed by atoms with Gasteiger partial charge in [-0.3, -0.25) is 4.21 Å². The maximum absolute atomic E-state index is 13.7. The Morgan fingerprint density at radius 3 is 1.66 bits per heavy atom. The van der Waals surface area contributed by atoms with Gasteiger partial charge in [-0.1, -0.05) is 121 Å². The Hall–Kier alpha value is -3.88. The highest BCUT2D eigenvalue weighted by Gasteiger charge is 2.30. The van der Waals surface area contributed by atoms with E-state index in [9.17, 15) is 13.8 Å². The minimum Gasteiger partial charge on any atom is -0.459 e. The van der Waals surface area contributed by atoms with E-state index in [1.54, 1.807) is 0 Å². The van der Waals surface area contributed by atoms with Gasteiger partial charge in [0, 0.05) is 28.7 Å². The zero-order chi connectivity index (χ0) is 28.7. The summed E-state index contributed by atoms with van der Waals surface area (Å²) in [5.41, 5.74) is 3.67. The third kappa shape index (κ3) is 10.6. The van der Waals surface area contributed by atoms with Gasteiger partial charge in [-0.05, 0) is 22.3 Å². The number of thioether (sulfide) groups is 1. The molecule has 0 spiro atoms.